The molecular formula is C15H21IO7. The van der Waals surface area contributed by atoms with Gasteiger partial charge in [-0.25, -0.2) is 0 Å². The van der Waals surface area contributed by atoms with E-state index in [-0.39, 0.29) is 0 Å². The van der Waals surface area contributed by atoms with Gasteiger partial charge in [-0.3, -0.25) is 9.59 Å². The molecule has 0 aromatic carbocycles. The quantitative estimate of drug-likeness (QED) is 0.279. The molecule has 0 aromatic heterocycles. The molecule has 0 spiro atoms. The van der Waals surface area contributed by atoms with Crippen molar-refractivity contribution in [2.75, 3.05) is 4.43 Å². The standard InChI is InChI=1S/C15H21IO7/c1-6-15(21-9(3)18)11(10(7-16)19-8(2)17)20-13-12(15)22-14(4,5)23-13/h6,10-13H,1,7H2,2-5H3/t10-,11-,12+,13-,15-/m1/s1. The molecule has 0 aliphatic carbocycles. The molecule has 130 valence electrons. The summed E-state index contributed by atoms with van der Waals surface area (Å²) in [5.41, 5.74) is -1.30. The highest BCUT2D eigenvalue weighted by Gasteiger charge is 2.66. The van der Waals surface area contributed by atoms with Crippen LogP contribution in [0.4, 0.5) is 0 Å². The molecule has 2 heterocycles. The number of carbonyl (C=O) groups excluding carboxylic acids is 2. The van der Waals surface area contributed by atoms with Crippen molar-refractivity contribution >= 4 is 34.5 Å². The topological polar surface area (TPSA) is 80.3 Å². The van der Waals surface area contributed by atoms with Gasteiger partial charge in [0.05, 0.1) is 0 Å². The molecular weight excluding hydrogens is 419 g/mol. The molecule has 2 aliphatic rings. The first-order valence-electron chi connectivity index (χ1n) is 7.22. The number of carbonyl (C=O) groups is 2. The van der Waals surface area contributed by atoms with Gasteiger partial charge in [-0.15, -0.1) is 0 Å². The summed E-state index contributed by atoms with van der Waals surface area (Å²) in [7, 11) is 0. The Morgan fingerprint density at radius 2 is 1.96 bits per heavy atom. The highest BCUT2D eigenvalue weighted by Crippen LogP contribution is 2.47. The van der Waals surface area contributed by atoms with Crippen molar-refractivity contribution < 1.29 is 33.3 Å². The van der Waals surface area contributed by atoms with Crippen molar-refractivity contribution in [2.45, 2.75) is 63.7 Å². The smallest absolute Gasteiger partial charge is 0.303 e. The molecule has 0 radical (unpaired) electrons. The van der Waals surface area contributed by atoms with Crippen LogP contribution in [0.25, 0.3) is 0 Å². The maximum absolute atomic E-state index is 11.7. The number of halogens is 1. The van der Waals surface area contributed by atoms with E-state index in [1.165, 1.54) is 19.9 Å². The molecule has 2 fully saturated rings. The average Bonchev–Trinajstić information content (AvgIpc) is 2.87. The van der Waals surface area contributed by atoms with Gasteiger partial charge in [-0.05, 0) is 19.9 Å². The van der Waals surface area contributed by atoms with Crippen molar-refractivity contribution in [2.24, 2.45) is 0 Å². The highest BCUT2D eigenvalue weighted by molar-refractivity contribution is 14.1. The third-order valence-corrected chi connectivity index (χ3v) is 4.54. The summed E-state index contributed by atoms with van der Waals surface area (Å²) >= 11 is 2.08. The van der Waals surface area contributed by atoms with E-state index in [9.17, 15) is 9.59 Å². The van der Waals surface area contributed by atoms with Crippen LogP contribution in [0, 0.1) is 0 Å². The molecule has 23 heavy (non-hydrogen) atoms. The lowest BCUT2D eigenvalue weighted by Gasteiger charge is -2.37. The van der Waals surface area contributed by atoms with Crippen molar-refractivity contribution in [1.82, 2.24) is 0 Å². The zero-order chi connectivity index (χ0) is 17.4. The van der Waals surface area contributed by atoms with Crippen LogP contribution >= 0.6 is 22.6 Å². The first kappa shape index (κ1) is 18.6. The van der Waals surface area contributed by atoms with Crippen LogP contribution in [0.5, 0.6) is 0 Å². The SMILES string of the molecule is C=C[C@@]1(OC(C)=O)[C@@H]([C@@H](CI)OC(C)=O)O[C@@H]2OC(C)(C)O[C@@H]21. The van der Waals surface area contributed by atoms with Crippen LogP contribution < -0.4 is 0 Å². The van der Waals surface area contributed by atoms with E-state index in [0.29, 0.717) is 4.43 Å². The first-order chi connectivity index (χ1) is 10.6. The third-order valence-electron chi connectivity index (χ3n) is 3.67. The summed E-state index contributed by atoms with van der Waals surface area (Å²) < 4.78 is 28.8. The lowest BCUT2D eigenvalue weighted by molar-refractivity contribution is -0.240. The van der Waals surface area contributed by atoms with Gasteiger partial charge >= 0.3 is 11.9 Å². The first-order valence-corrected chi connectivity index (χ1v) is 8.75. The lowest BCUT2D eigenvalue weighted by atomic mass is 9.89. The Hall–Kier alpha value is -0.710. The molecule has 5 atom stereocenters. The van der Waals surface area contributed by atoms with Crippen LogP contribution in [0.15, 0.2) is 12.7 Å². The van der Waals surface area contributed by atoms with Gasteiger partial charge in [0.1, 0.15) is 12.2 Å². The van der Waals surface area contributed by atoms with Crippen LogP contribution in [0.1, 0.15) is 27.7 Å². The van der Waals surface area contributed by atoms with Crippen LogP contribution in [-0.2, 0) is 33.3 Å². The molecule has 0 aromatic rings. The number of esters is 2. The van der Waals surface area contributed by atoms with Crippen molar-refractivity contribution in [3.8, 4) is 0 Å². The summed E-state index contributed by atoms with van der Waals surface area (Å²) in [6.45, 7) is 9.88. The van der Waals surface area contributed by atoms with Crippen LogP contribution in [0.3, 0.4) is 0 Å². The van der Waals surface area contributed by atoms with Gasteiger partial charge in [-0.1, -0.05) is 29.2 Å². The second-order valence-electron chi connectivity index (χ2n) is 5.93. The van der Waals surface area contributed by atoms with E-state index in [4.69, 9.17) is 23.7 Å². The van der Waals surface area contributed by atoms with E-state index in [1.807, 2.05) is 0 Å². The molecule has 0 N–H and O–H groups in total. The predicted octanol–water partition coefficient (Wildman–Crippen LogP) is 1.72. The normalized spacial score (nSPS) is 36.1. The van der Waals surface area contributed by atoms with Gasteiger partial charge in [0.15, 0.2) is 23.8 Å². The molecule has 2 rings (SSSR count). The van der Waals surface area contributed by atoms with Crippen molar-refractivity contribution in [3.05, 3.63) is 12.7 Å². The van der Waals surface area contributed by atoms with Gasteiger partial charge in [0, 0.05) is 18.3 Å². The summed E-state index contributed by atoms with van der Waals surface area (Å²) in [5, 5.41) is 0. The zero-order valence-corrected chi connectivity index (χ0v) is 15.7. The minimum Gasteiger partial charge on any atom is -0.459 e. The molecule has 7 nitrogen and oxygen atoms in total. The van der Waals surface area contributed by atoms with Gasteiger partial charge in [-0.2, -0.15) is 0 Å². The molecule has 0 unspecified atom stereocenters. The molecule has 8 heteroatoms. The maximum atomic E-state index is 11.7. The Bertz CT molecular complexity index is 506. The van der Waals surface area contributed by atoms with Crippen LogP contribution in [0.2, 0.25) is 0 Å². The molecule has 0 saturated carbocycles. The minimum atomic E-state index is -1.30. The van der Waals surface area contributed by atoms with Gasteiger partial charge in [0.2, 0.25) is 0 Å². The summed E-state index contributed by atoms with van der Waals surface area (Å²) in [6, 6.07) is 0. The molecule has 0 bridgehead atoms. The Balaban J connectivity index is 2.39. The third kappa shape index (κ3) is 3.54. The maximum Gasteiger partial charge on any atom is 0.303 e. The summed E-state index contributed by atoms with van der Waals surface area (Å²) in [5.74, 6) is -1.84. The molecule has 2 aliphatic heterocycles. The Kier molecular flexibility index (Phi) is 5.39. The number of hydrogen-bond donors (Lipinski definition) is 0. The number of hydrogen-bond acceptors (Lipinski definition) is 7. The zero-order valence-electron chi connectivity index (χ0n) is 13.5. The Morgan fingerprint density at radius 1 is 1.30 bits per heavy atom. The lowest BCUT2D eigenvalue weighted by Crippen LogP contribution is -2.55. The molecule has 0 amide bonds. The number of ether oxygens (including phenoxy) is 5. The number of rotatable bonds is 5. The molecule has 2 saturated heterocycles. The average molecular weight is 440 g/mol. The summed E-state index contributed by atoms with van der Waals surface area (Å²) in [6.07, 6.45) is -1.36. The van der Waals surface area contributed by atoms with E-state index in [0.717, 1.165) is 0 Å². The number of alkyl halides is 1. The van der Waals surface area contributed by atoms with E-state index >= 15 is 0 Å². The van der Waals surface area contributed by atoms with Crippen molar-refractivity contribution in [1.29, 1.82) is 0 Å². The fourth-order valence-corrected chi connectivity index (χ4v) is 3.59. The Morgan fingerprint density at radius 3 is 2.43 bits per heavy atom. The fourth-order valence-electron chi connectivity index (χ4n) is 2.95. The number of fused-ring (bicyclic) bond motifs is 1. The Labute approximate surface area is 148 Å². The monoisotopic (exact) mass is 440 g/mol. The second kappa shape index (κ2) is 6.66. The second-order valence-corrected chi connectivity index (χ2v) is 6.82. The van der Waals surface area contributed by atoms with Crippen LogP contribution in [-0.4, -0.2) is 52.4 Å². The van der Waals surface area contributed by atoms with Gasteiger partial charge in [0.25, 0.3) is 0 Å². The predicted molar refractivity (Wildman–Crippen MR) is 87.8 cm³/mol. The van der Waals surface area contributed by atoms with E-state index in [1.54, 1.807) is 13.8 Å². The van der Waals surface area contributed by atoms with Crippen molar-refractivity contribution in [3.63, 3.8) is 0 Å². The highest BCUT2D eigenvalue weighted by atomic mass is 127. The fraction of sp³-hybridized carbons (Fsp3) is 0.733. The largest absolute Gasteiger partial charge is 0.459 e. The van der Waals surface area contributed by atoms with E-state index in [2.05, 4.69) is 29.2 Å². The minimum absolute atomic E-state index is 0.446. The van der Waals surface area contributed by atoms with Gasteiger partial charge < -0.3 is 23.7 Å². The van der Waals surface area contributed by atoms with E-state index < -0.39 is 47.9 Å². The summed E-state index contributed by atoms with van der Waals surface area (Å²) in [4.78, 5) is 23.0.